The Hall–Kier alpha value is -2.62. The van der Waals surface area contributed by atoms with Crippen LogP contribution in [-0.2, 0) is 9.59 Å². The molecular weight excluding hydrogens is 430 g/mol. The molecule has 3 N–H and O–H groups in total. The summed E-state index contributed by atoms with van der Waals surface area (Å²) in [5, 5.41) is 10.5. The normalized spacial score (nSPS) is 24.6. The van der Waals surface area contributed by atoms with E-state index < -0.39 is 18.0 Å². The maximum absolute atomic E-state index is 13.2. The van der Waals surface area contributed by atoms with Crippen LogP contribution in [0.5, 0.6) is 0 Å². The number of urea groups is 1. The van der Waals surface area contributed by atoms with E-state index in [1.165, 1.54) is 22.7 Å². The first kappa shape index (κ1) is 22.6. The minimum atomic E-state index is -0.842. The number of carbonyl (C=O) groups excluding carboxylic acids is 4. The number of hydrogen-bond acceptors (Lipinski definition) is 5. The smallest absolute Gasteiger partial charge is 0.317 e. The van der Waals surface area contributed by atoms with Crippen molar-refractivity contribution < 1.29 is 19.2 Å². The van der Waals surface area contributed by atoms with Crippen molar-refractivity contribution >= 4 is 35.1 Å². The van der Waals surface area contributed by atoms with Crippen LogP contribution >= 0.6 is 11.3 Å². The number of piperazine rings is 1. The Labute approximate surface area is 191 Å². The molecule has 1 aromatic rings. The van der Waals surface area contributed by atoms with Gasteiger partial charge in [0.05, 0.1) is 11.4 Å². The van der Waals surface area contributed by atoms with Gasteiger partial charge < -0.3 is 25.8 Å². The molecule has 3 heterocycles. The van der Waals surface area contributed by atoms with Crippen LogP contribution in [-0.4, -0.2) is 77.9 Å². The topological polar surface area (TPSA) is 111 Å². The van der Waals surface area contributed by atoms with E-state index in [1.807, 2.05) is 5.38 Å². The van der Waals surface area contributed by atoms with Gasteiger partial charge >= 0.3 is 6.03 Å². The number of rotatable bonds is 4. The molecule has 2 saturated heterocycles. The Morgan fingerprint density at radius 1 is 1.03 bits per heavy atom. The molecule has 5 amide bonds. The fourth-order valence-electron chi connectivity index (χ4n) is 4.67. The number of piperidine rings is 1. The van der Waals surface area contributed by atoms with E-state index in [9.17, 15) is 19.2 Å². The molecule has 1 aromatic heterocycles. The molecule has 0 radical (unpaired) electrons. The van der Waals surface area contributed by atoms with Gasteiger partial charge in [-0.3, -0.25) is 14.4 Å². The third-order valence-electron chi connectivity index (χ3n) is 6.50. The van der Waals surface area contributed by atoms with E-state index >= 15 is 0 Å². The molecular formula is C22H31N5O4S. The van der Waals surface area contributed by atoms with Crippen LogP contribution in [0.25, 0.3) is 0 Å². The zero-order chi connectivity index (χ0) is 22.5. The average Bonchev–Trinajstić information content (AvgIpc) is 3.35. The first-order valence-electron chi connectivity index (χ1n) is 11.5. The fourth-order valence-corrected chi connectivity index (χ4v) is 5.35. The number of amides is 5. The van der Waals surface area contributed by atoms with E-state index in [0.29, 0.717) is 24.4 Å². The van der Waals surface area contributed by atoms with Gasteiger partial charge in [-0.15, -0.1) is 11.3 Å². The van der Waals surface area contributed by atoms with E-state index in [-0.39, 0.29) is 37.0 Å². The zero-order valence-electron chi connectivity index (χ0n) is 18.2. The summed E-state index contributed by atoms with van der Waals surface area (Å²) in [4.78, 5) is 55.0. The SMILES string of the molecule is O=C1NCCC[C@@H]1NC(=O)[C@H]1CN(C(=O)NC2CCCCC2)CCN1C(=O)c1cccs1. The van der Waals surface area contributed by atoms with Crippen molar-refractivity contribution in [2.24, 2.45) is 0 Å². The molecule has 1 aliphatic carbocycles. The molecule has 4 rings (SSSR count). The van der Waals surface area contributed by atoms with E-state index in [0.717, 1.165) is 32.1 Å². The molecule has 3 aliphatic rings. The summed E-state index contributed by atoms with van der Waals surface area (Å²) in [6, 6.07) is 2.06. The molecule has 0 bridgehead atoms. The summed E-state index contributed by atoms with van der Waals surface area (Å²) in [5.74, 6) is -0.823. The number of nitrogens with one attached hydrogen (secondary N) is 3. The van der Waals surface area contributed by atoms with Crippen molar-refractivity contribution in [3.05, 3.63) is 22.4 Å². The van der Waals surface area contributed by atoms with Gasteiger partial charge in [0, 0.05) is 25.7 Å². The lowest BCUT2D eigenvalue weighted by Gasteiger charge is -2.41. The second-order valence-corrected chi connectivity index (χ2v) is 9.66. The number of nitrogens with zero attached hydrogens (tertiary/aromatic N) is 2. The molecule has 2 aliphatic heterocycles. The molecule has 32 heavy (non-hydrogen) atoms. The lowest BCUT2D eigenvalue weighted by Crippen LogP contribution is -2.64. The molecule has 10 heteroatoms. The van der Waals surface area contributed by atoms with Crippen molar-refractivity contribution in [2.45, 2.75) is 63.1 Å². The van der Waals surface area contributed by atoms with E-state index in [2.05, 4.69) is 16.0 Å². The standard InChI is InChI=1S/C22H31N5O4S/c28-19-16(8-4-10-23-19)25-20(29)17-14-26(22(31)24-15-6-2-1-3-7-15)11-12-27(17)21(30)18-9-5-13-32-18/h5,9,13,15-17H,1-4,6-8,10-12,14H2,(H,23,28)(H,24,31)(H,25,29)/t16-,17+/m0/s1. The molecule has 3 fully saturated rings. The molecule has 9 nitrogen and oxygen atoms in total. The Morgan fingerprint density at radius 2 is 1.84 bits per heavy atom. The van der Waals surface area contributed by atoms with E-state index in [1.54, 1.807) is 17.0 Å². The maximum atomic E-state index is 13.2. The lowest BCUT2D eigenvalue weighted by molar-refractivity contribution is -0.133. The van der Waals surface area contributed by atoms with Crippen molar-refractivity contribution in [3.8, 4) is 0 Å². The Balaban J connectivity index is 1.46. The van der Waals surface area contributed by atoms with Crippen LogP contribution < -0.4 is 16.0 Å². The minimum absolute atomic E-state index is 0.107. The Kier molecular flexibility index (Phi) is 7.29. The first-order valence-corrected chi connectivity index (χ1v) is 12.4. The van der Waals surface area contributed by atoms with Gasteiger partial charge in [-0.2, -0.15) is 0 Å². The van der Waals surface area contributed by atoms with Crippen LogP contribution in [0.15, 0.2) is 17.5 Å². The second kappa shape index (κ2) is 10.3. The third-order valence-corrected chi connectivity index (χ3v) is 7.36. The largest absolute Gasteiger partial charge is 0.354 e. The van der Waals surface area contributed by atoms with E-state index in [4.69, 9.17) is 0 Å². The maximum Gasteiger partial charge on any atom is 0.317 e. The Morgan fingerprint density at radius 3 is 2.56 bits per heavy atom. The minimum Gasteiger partial charge on any atom is -0.354 e. The van der Waals surface area contributed by atoms with Gasteiger partial charge in [0.15, 0.2) is 0 Å². The zero-order valence-corrected chi connectivity index (χ0v) is 19.0. The van der Waals surface area contributed by atoms with Crippen LogP contribution in [0.2, 0.25) is 0 Å². The summed E-state index contributed by atoms with van der Waals surface area (Å²) in [6.07, 6.45) is 6.73. The molecule has 2 atom stereocenters. The predicted molar refractivity (Wildman–Crippen MR) is 120 cm³/mol. The highest BCUT2D eigenvalue weighted by atomic mass is 32.1. The number of hydrogen-bond donors (Lipinski definition) is 3. The molecule has 174 valence electrons. The third kappa shape index (κ3) is 5.23. The number of thiophene rings is 1. The van der Waals surface area contributed by atoms with Crippen molar-refractivity contribution in [3.63, 3.8) is 0 Å². The van der Waals surface area contributed by atoms with Gasteiger partial charge in [-0.05, 0) is 37.1 Å². The predicted octanol–water partition coefficient (Wildman–Crippen LogP) is 1.31. The molecule has 0 spiro atoms. The van der Waals surface area contributed by atoms with Gasteiger partial charge in [-0.25, -0.2) is 4.79 Å². The summed E-state index contributed by atoms with van der Waals surface area (Å²) < 4.78 is 0. The van der Waals surface area contributed by atoms with Gasteiger partial charge in [0.25, 0.3) is 5.91 Å². The van der Waals surface area contributed by atoms with Crippen molar-refractivity contribution in [2.75, 3.05) is 26.2 Å². The van der Waals surface area contributed by atoms with Crippen molar-refractivity contribution in [1.82, 2.24) is 25.8 Å². The van der Waals surface area contributed by atoms with Gasteiger partial charge in [0.2, 0.25) is 11.8 Å². The van der Waals surface area contributed by atoms with Crippen molar-refractivity contribution in [1.29, 1.82) is 0 Å². The molecule has 1 saturated carbocycles. The van der Waals surface area contributed by atoms with Gasteiger partial charge in [0.1, 0.15) is 12.1 Å². The second-order valence-electron chi connectivity index (χ2n) is 8.72. The van der Waals surface area contributed by atoms with Crippen LogP contribution in [0.4, 0.5) is 4.79 Å². The highest BCUT2D eigenvalue weighted by Gasteiger charge is 2.39. The quantitative estimate of drug-likeness (QED) is 0.628. The summed E-state index contributed by atoms with van der Waals surface area (Å²) >= 11 is 1.32. The van der Waals surface area contributed by atoms with Gasteiger partial charge in [-0.1, -0.05) is 25.3 Å². The molecule has 0 aromatic carbocycles. The average molecular weight is 462 g/mol. The summed E-state index contributed by atoms with van der Waals surface area (Å²) in [5.41, 5.74) is 0. The molecule has 0 unspecified atom stereocenters. The lowest BCUT2D eigenvalue weighted by atomic mass is 9.96. The summed E-state index contributed by atoms with van der Waals surface area (Å²) in [7, 11) is 0. The highest BCUT2D eigenvalue weighted by molar-refractivity contribution is 7.12. The first-order chi connectivity index (χ1) is 15.5. The van der Waals surface area contributed by atoms with Crippen LogP contribution in [0.1, 0.15) is 54.6 Å². The Bertz CT molecular complexity index is 839. The fraction of sp³-hybridized carbons (Fsp3) is 0.636. The monoisotopic (exact) mass is 461 g/mol. The highest BCUT2D eigenvalue weighted by Crippen LogP contribution is 2.20. The summed E-state index contributed by atoms with van der Waals surface area (Å²) in [6.45, 7) is 1.34. The number of carbonyl (C=O) groups is 4. The van der Waals surface area contributed by atoms with Crippen LogP contribution in [0, 0.1) is 0 Å². The van der Waals surface area contributed by atoms with Crippen LogP contribution in [0.3, 0.4) is 0 Å².